The summed E-state index contributed by atoms with van der Waals surface area (Å²) in [6, 6.07) is 15.8. The van der Waals surface area contributed by atoms with Crippen LogP contribution in [0.5, 0.6) is 5.75 Å². The Labute approximate surface area is 228 Å². The van der Waals surface area contributed by atoms with Crippen LogP contribution in [0, 0.1) is 0 Å². The minimum absolute atomic E-state index is 0. The van der Waals surface area contributed by atoms with Crippen molar-refractivity contribution in [2.75, 3.05) is 31.6 Å². The lowest BCUT2D eigenvalue weighted by molar-refractivity contribution is -0.0275. The zero-order valence-corrected chi connectivity index (χ0v) is 23.7. The van der Waals surface area contributed by atoms with Crippen molar-refractivity contribution >= 4 is 36.5 Å². The third-order valence-electron chi connectivity index (χ3n) is 6.29. The van der Waals surface area contributed by atoms with Crippen molar-refractivity contribution in [1.82, 2.24) is 4.90 Å². The third-order valence-corrected chi connectivity index (χ3v) is 6.29. The number of rotatable bonds is 10. The maximum Gasteiger partial charge on any atom is 0.338 e. The molecule has 0 atom stereocenters. The highest BCUT2D eigenvalue weighted by atomic mass is 35.5. The molecule has 0 spiro atoms. The predicted octanol–water partition coefficient (Wildman–Crippen LogP) is 5.74. The molecule has 202 valence electrons. The molecule has 2 aromatic carbocycles. The molecule has 6 nitrogen and oxygen atoms in total. The smallest absolute Gasteiger partial charge is 0.338 e. The van der Waals surface area contributed by atoms with E-state index in [0.717, 1.165) is 62.4 Å². The van der Waals surface area contributed by atoms with E-state index < -0.39 is 5.60 Å². The first-order valence-electron chi connectivity index (χ1n) is 12.4. The summed E-state index contributed by atoms with van der Waals surface area (Å²) >= 11 is 0. The largest absolute Gasteiger partial charge is 0.491 e. The van der Waals surface area contributed by atoms with Crippen molar-refractivity contribution < 1.29 is 19.4 Å². The summed E-state index contributed by atoms with van der Waals surface area (Å²) in [6.45, 7) is 11.1. The van der Waals surface area contributed by atoms with E-state index in [9.17, 15) is 9.90 Å². The highest BCUT2D eigenvalue weighted by Crippen LogP contribution is 2.28. The van der Waals surface area contributed by atoms with Crippen LogP contribution in [-0.2, 0) is 11.3 Å². The minimum atomic E-state index is -0.629. The lowest BCUT2D eigenvalue weighted by atomic mass is 9.88. The number of benzene rings is 2. The molecule has 1 aliphatic heterocycles. The Balaban J connectivity index is 0.00000324. The van der Waals surface area contributed by atoms with Gasteiger partial charge < -0.3 is 19.5 Å². The second-order valence-electron chi connectivity index (χ2n) is 9.98. The molecule has 0 saturated carbocycles. The zero-order valence-electron chi connectivity index (χ0n) is 22.1. The summed E-state index contributed by atoms with van der Waals surface area (Å²) in [4.78, 5) is 16.6. The highest BCUT2D eigenvalue weighted by molar-refractivity contribution is 5.89. The number of hydrogen-bond donors (Lipinski definition) is 1. The van der Waals surface area contributed by atoms with Gasteiger partial charge in [0.25, 0.3) is 0 Å². The molecule has 8 heteroatoms. The zero-order chi connectivity index (χ0) is 24.7. The maximum atomic E-state index is 12.0. The summed E-state index contributed by atoms with van der Waals surface area (Å²) in [5.74, 6) is 0.595. The minimum Gasteiger partial charge on any atom is -0.491 e. The van der Waals surface area contributed by atoms with E-state index in [0.29, 0.717) is 5.56 Å². The Morgan fingerprint density at radius 1 is 0.972 bits per heavy atom. The van der Waals surface area contributed by atoms with Crippen LogP contribution in [0.3, 0.4) is 0 Å². The van der Waals surface area contributed by atoms with Gasteiger partial charge in [-0.3, -0.25) is 4.90 Å². The van der Waals surface area contributed by atoms with Gasteiger partial charge in [-0.1, -0.05) is 12.1 Å². The van der Waals surface area contributed by atoms with Crippen LogP contribution in [-0.4, -0.2) is 60.5 Å². The van der Waals surface area contributed by atoms with E-state index in [1.54, 1.807) is 0 Å². The number of halogens is 2. The molecule has 0 bridgehead atoms. The Hall–Kier alpha value is -1.99. The number of carbonyl (C=O) groups is 1. The van der Waals surface area contributed by atoms with Gasteiger partial charge in [0.1, 0.15) is 5.75 Å². The molecule has 1 N–H and O–H groups in total. The van der Waals surface area contributed by atoms with Crippen molar-refractivity contribution in [1.29, 1.82) is 0 Å². The standard InChI is InChI=1S/C28H40N2O4.2ClH/c1-21(2)33-26-12-10-25(11-13-26)29(5)17-14-28(32)15-18-30(19-16-28)20-23-6-8-24(9-7-23)27(31)34-22(3)4;;/h6-13,21-22,32H,14-20H2,1-5H3;2*1H. The number of hydrogen-bond acceptors (Lipinski definition) is 6. The van der Waals surface area contributed by atoms with Crippen LogP contribution in [0.4, 0.5) is 5.69 Å². The number of anilines is 1. The van der Waals surface area contributed by atoms with E-state index in [-0.39, 0.29) is 43.0 Å². The van der Waals surface area contributed by atoms with E-state index in [4.69, 9.17) is 9.47 Å². The Morgan fingerprint density at radius 3 is 2.08 bits per heavy atom. The van der Waals surface area contributed by atoms with Gasteiger partial charge in [0.15, 0.2) is 0 Å². The van der Waals surface area contributed by atoms with E-state index in [1.807, 2.05) is 64.1 Å². The first-order chi connectivity index (χ1) is 16.1. The fourth-order valence-corrected chi connectivity index (χ4v) is 4.22. The van der Waals surface area contributed by atoms with Crippen LogP contribution in [0.1, 0.15) is 62.9 Å². The van der Waals surface area contributed by atoms with Crippen molar-refractivity contribution in [3.05, 3.63) is 59.7 Å². The third kappa shape index (κ3) is 9.81. The Morgan fingerprint density at radius 2 is 1.56 bits per heavy atom. The fraction of sp³-hybridized carbons (Fsp3) is 0.536. The molecule has 2 aromatic rings. The number of piperidine rings is 1. The molecule has 0 unspecified atom stereocenters. The molecule has 0 aliphatic carbocycles. The lowest BCUT2D eigenvalue weighted by Gasteiger charge is -2.39. The molecule has 0 aromatic heterocycles. The molecule has 0 amide bonds. The van der Waals surface area contributed by atoms with E-state index >= 15 is 0 Å². The second-order valence-corrected chi connectivity index (χ2v) is 9.98. The quantitative estimate of drug-likeness (QED) is 0.388. The maximum absolute atomic E-state index is 12.0. The van der Waals surface area contributed by atoms with Gasteiger partial charge in [-0.2, -0.15) is 0 Å². The SMILES string of the molecule is CC(C)OC(=O)c1ccc(CN2CCC(O)(CCN(C)c3ccc(OC(C)C)cc3)CC2)cc1.Cl.Cl. The van der Waals surface area contributed by atoms with Gasteiger partial charge in [0, 0.05) is 38.9 Å². The topological polar surface area (TPSA) is 62.2 Å². The number of nitrogens with zero attached hydrogens (tertiary/aromatic N) is 2. The molecule has 0 radical (unpaired) electrons. The molecular formula is C28H42Cl2N2O4. The van der Waals surface area contributed by atoms with Gasteiger partial charge in [0.2, 0.25) is 0 Å². The van der Waals surface area contributed by atoms with Crippen LogP contribution in [0.25, 0.3) is 0 Å². The van der Waals surface area contributed by atoms with Crippen LogP contribution in [0.15, 0.2) is 48.5 Å². The van der Waals surface area contributed by atoms with E-state index in [1.165, 1.54) is 0 Å². The molecule has 3 rings (SSSR count). The molecule has 1 fully saturated rings. The summed E-state index contributed by atoms with van der Waals surface area (Å²) < 4.78 is 11.0. The number of carbonyl (C=O) groups excluding carboxylic acids is 1. The average molecular weight is 542 g/mol. The van der Waals surface area contributed by atoms with Crippen molar-refractivity contribution in [3.63, 3.8) is 0 Å². The fourth-order valence-electron chi connectivity index (χ4n) is 4.22. The van der Waals surface area contributed by atoms with Crippen LogP contribution < -0.4 is 9.64 Å². The van der Waals surface area contributed by atoms with Crippen molar-refractivity contribution in [2.24, 2.45) is 0 Å². The monoisotopic (exact) mass is 540 g/mol. The van der Waals surface area contributed by atoms with Crippen LogP contribution in [0.2, 0.25) is 0 Å². The van der Waals surface area contributed by atoms with Crippen LogP contribution >= 0.6 is 24.8 Å². The highest BCUT2D eigenvalue weighted by Gasteiger charge is 2.32. The van der Waals surface area contributed by atoms with Gasteiger partial charge in [0.05, 0.1) is 23.4 Å². The van der Waals surface area contributed by atoms with Crippen molar-refractivity contribution in [2.45, 2.75) is 71.3 Å². The number of ether oxygens (including phenoxy) is 2. The predicted molar refractivity (Wildman–Crippen MR) is 151 cm³/mol. The lowest BCUT2D eigenvalue weighted by Crippen LogP contribution is -2.45. The molecule has 36 heavy (non-hydrogen) atoms. The number of esters is 1. The van der Waals surface area contributed by atoms with Gasteiger partial charge in [-0.15, -0.1) is 24.8 Å². The normalized spacial score (nSPS) is 15.1. The molecule has 1 aliphatic rings. The summed E-state index contributed by atoms with van der Waals surface area (Å²) in [7, 11) is 2.07. The second kappa shape index (κ2) is 14.7. The summed E-state index contributed by atoms with van der Waals surface area (Å²) in [5, 5.41) is 11.1. The average Bonchev–Trinajstić information content (AvgIpc) is 2.79. The van der Waals surface area contributed by atoms with E-state index in [2.05, 4.69) is 29.0 Å². The first-order valence-corrected chi connectivity index (χ1v) is 12.4. The van der Waals surface area contributed by atoms with Crippen molar-refractivity contribution in [3.8, 4) is 5.75 Å². The van der Waals surface area contributed by atoms with Gasteiger partial charge in [-0.05, 0) is 88.9 Å². The van der Waals surface area contributed by atoms with Gasteiger partial charge in [-0.25, -0.2) is 4.79 Å². The Bertz CT molecular complexity index is 912. The molecular weight excluding hydrogens is 499 g/mol. The molecule has 1 saturated heterocycles. The Kier molecular flexibility index (Phi) is 13.1. The number of aliphatic hydroxyl groups is 1. The number of likely N-dealkylation sites (tertiary alicyclic amines) is 1. The summed E-state index contributed by atoms with van der Waals surface area (Å²) in [6.07, 6.45) is 2.32. The summed E-state index contributed by atoms with van der Waals surface area (Å²) in [5.41, 5.74) is 2.24. The first kappa shape index (κ1) is 32.0. The molecule has 1 heterocycles. The van der Waals surface area contributed by atoms with Gasteiger partial charge >= 0.3 is 5.97 Å².